The first-order chi connectivity index (χ1) is 19.4. The summed E-state index contributed by atoms with van der Waals surface area (Å²) in [6.07, 6.45) is 1.64. The number of methoxy groups -OCH3 is 1. The van der Waals surface area contributed by atoms with Crippen molar-refractivity contribution in [3.8, 4) is 5.75 Å². The van der Waals surface area contributed by atoms with Crippen LogP contribution >= 0.6 is 0 Å². The molecule has 8 nitrogen and oxygen atoms in total. The number of benzene rings is 3. The predicted molar refractivity (Wildman–Crippen MR) is 158 cm³/mol. The second-order valence-electron chi connectivity index (χ2n) is 10.3. The first-order valence-corrected chi connectivity index (χ1v) is 13.7. The Morgan fingerprint density at radius 1 is 1.00 bits per heavy atom. The Labute approximate surface area is 234 Å². The maximum atomic E-state index is 13.3. The molecule has 5 aromatic rings. The first kappa shape index (κ1) is 27.3. The molecular weight excluding hydrogens is 500 g/mol. The molecule has 2 heterocycles. The van der Waals surface area contributed by atoms with E-state index in [4.69, 9.17) is 4.74 Å². The van der Waals surface area contributed by atoms with E-state index >= 15 is 0 Å². The number of pyridine rings is 1. The topological polar surface area (TPSA) is 88.9 Å². The van der Waals surface area contributed by atoms with E-state index in [0.29, 0.717) is 13.1 Å². The molecule has 0 bridgehead atoms. The number of hydrogen-bond acceptors (Lipinski definition) is 6. The van der Waals surface area contributed by atoms with Crippen molar-refractivity contribution in [3.63, 3.8) is 0 Å². The number of H-pyrrole nitrogens is 1. The molecular formula is C32H36N6O2. The minimum Gasteiger partial charge on any atom is -0.497 e. The van der Waals surface area contributed by atoms with E-state index in [2.05, 4.69) is 63.5 Å². The lowest BCUT2D eigenvalue weighted by Gasteiger charge is -2.30. The molecule has 0 aliphatic heterocycles. The highest BCUT2D eigenvalue weighted by molar-refractivity contribution is 5.81. The van der Waals surface area contributed by atoms with Crippen molar-refractivity contribution in [2.24, 2.45) is 0 Å². The number of nitrogens with zero attached hydrogens (tertiary/aromatic N) is 5. The van der Waals surface area contributed by atoms with Gasteiger partial charge in [-0.15, -0.1) is 5.10 Å². The fraction of sp³-hybridized carbons (Fsp3) is 0.312. The normalized spacial score (nSPS) is 12.2. The van der Waals surface area contributed by atoms with Gasteiger partial charge in [-0.1, -0.05) is 67.1 Å². The van der Waals surface area contributed by atoms with Crippen LogP contribution in [0.2, 0.25) is 0 Å². The molecule has 0 fully saturated rings. The first-order valence-electron chi connectivity index (χ1n) is 13.7. The number of nitrogens with one attached hydrogen (secondary N) is 1. The molecule has 0 aliphatic rings. The van der Waals surface area contributed by atoms with Crippen molar-refractivity contribution in [1.82, 2.24) is 30.1 Å². The van der Waals surface area contributed by atoms with Gasteiger partial charge in [-0.25, -0.2) is 4.68 Å². The number of ether oxygens (including phenoxy) is 1. The van der Waals surface area contributed by atoms with Crippen LogP contribution in [0.4, 0.5) is 0 Å². The molecule has 2 aromatic heterocycles. The van der Waals surface area contributed by atoms with Crippen LogP contribution in [-0.2, 0) is 19.5 Å². The third kappa shape index (κ3) is 6.13. The lowest BCUT2D eigenvalue weighted by Crippen LogP contribution is -2.34. The molecule has 0 saturated carbocycles. The van der Waals surface area contributed by atoms with Crippen molar-refractivity contribution >= 4 is 10.9 Å². The summed E-state index contributed by atoms with van der Waals surface area (Å²) in [5.74, 6) is 1.60. The van der Waals surface area contributed by atoms with Gasteiger partial charge in [0.2, 0.25) is 0 Å². The third-order valence-electron chi connectivity index (χ3n) is 7.49. The lowest BCUT2D eigenvalue weighted by molar-refractivity contribution is 0.172. The number of para-hydroxylation sites is 1. The molecule has 0 radical (unpaired) electrons. The second kappa shape index (κ2) is 12.3. The van der Waals surface area contributed by atoms with Gasteiger partial charge < -0.3 is 9.72 Å². The fourth-order valence-electron chi connectivity index (χ4n) is 5.32. The van der Waals surface area contributed by atoms with Crippen LogP contribution in [0.3, 0.4) is 0 Å². The summed E-state index contributed by atoms with van der Waals surface area (Å²) in [6.45, 7) is 8.05. The summed E-state index contributed by atoms with van der Waals surface area (Å²) in [5.41, 5.74) is 6.20. The van der Waals surface area contributed by atoms with Crippen LogP contribution < -0.4 is 10.3 Å². The Morgan fingerprint density at radius 2 is 1.80 bits per heavy atom. The van der Waals surface area contributed by atoms with Crippen LogP contribution in [0.5, 0.6) is 5.75 Å². The van der Waals surface area contributed by atoms with Crippen LogP contribution in [0.25, 0.3) is 10.9 Å². The van der Waals surface area contributed by atoms with E-state index in [1.165, 1.54) is 11.1 Å². The summed E-state index contributed by atoms with van der Waals surface area (Å²) in [7, 11) is 1.66. The zero-order chi connectivity index (χ0) is 28.1. The number of rotatable bonds is 11. The number of hydrogen-bond donors (Lipinski definition) is 1. The average molecular weight is 537 g/mol. The Morgan fingerprint density at radius 3 is 2.55 bits per heavy atom. The molecule has 0 spiro atoms. The fourth-order valence-corrected chi connectivity index (χ4v) is 5.32. The SMILES string of the molecule is CC[C@H](c1nnnn1Cc1ccc(OC)cc1)N(CCc1cccc(C)c1)Cc1cc2cccc(C)c2[nH]c1=O. The standard InChI is InChI=1S/C32H36N6O2/c1-5-29(31-34-35-36-38(31)20-25-12-14-28(40-4)15-13-25)37(17-16-24-10-6-8-22(2)18-24)21-27-19-26-11-7-9-23(3)30(26)33-32(27)39/h6-15,18-19,29H,5,16-17,20-21H2,1-4H3,(H,33,39)/t29-/m1/s1. The van der Waals surface area contributed by atoms with Crippen molar-refractivity contribution in [2.75, 3.05) is 13.7 Å². The quantitative estimate of drug-likeness (QED) is 0.244. The molecule has 1 atom stereocenters. The van der Waals surface area contributed by atoms with E-state index in [9.17, 15) is 4.79 Å². The maximum absolute atomic E-state index is 13.3. The zero-order valence-electron chi connectivity index (χ0n) is 23.6. The second-order valence-corrected chi connectivity index (χ2v) is 10.3. The van der Waals surface area contributed by atoms with E-state index in [1.54, 1.807) is 7.11 Å². The summed E-state index contributed by atoms with van der Waals surface area (Å²) in [4.78, 5) is 18.7. The van der Waals surface area contributed by atoms with Gasteiger partial charge in [-0.3, -0.25) is 9.69 Å². The molecule has 1 N–H and O–H groups in total. The van der Waals surface area contributed by atoms with Gasteiger partial charge in [-0.2, -0.15) is 0 Å². The van der Waals surface area contributed by atoms with Gasteiger partial charge in [-0.05, 0) is 77.4 Å². The lowest BCUT2D eigenvalue weighted by atomic mass is 10.0. The summed E-state index contributed by atoms with van der Waals surface area (Å²) >= 11 is 0. The number of tetrazole rings is 1. The van der Waals surface area contributed by atoms with E-state index in [1.807, 2.05) is 60.1 Å². The van der Waals surface area contributed by atoms with Crippen molar-refractivity contribution in [1.29, 1.82) is 0 Å². The zero-order valence-corrected chi connectivity index (χ0v) is 23.6. The molecule has 5 rings (SSSR count). The molecule has 8 heteroatoms. The van der Waals surface area contributed by atoms with E-state index in [0.717, 1.165) is 58.6 Å². The van der Waals surface area contributed by atoms with Crippen molar-refractivity contribution in [3.05, 3.63) is 117 Å². The smallest absolute Gasteiger partial charge is 0.252 e. The van der Waals surface area contributed by atoms with Gasteiger partial charge in [0.25, 0.3) is 5.56 Å². The van der Waals surface area contributed by atoms with Crippen LogP contribution in [0, 0.1) is 13.8 Å². The molecule has 3 aromatic carbocycles. The minimum atomic E-state index is -0.0781. The Hall–Kier alpha value is -4.30. The average Bonchev–Trinajstić information content (AvgIpc) is 3.41. The van der Waals surface area contributed by atoms with Crippen LogP contribution in [0.15, 0.2) is 77.6 Å². The predicted octanol–water partition coefficient (Wildman–Crippen LogP) is 5.38. The third-order valence-corrected chi connectivity index (χ3v) is 7.49. The highest BCUT2D eigenvalue weighted by Gasteiger charge is 2.26. The van der Waals surface area contributed by atoms with Crippen molar-refractivity contribution in [2.45, 2.75) is 52.7 Å². The largest absolute Gasteiger partial charge is 0.497 e. The molecule has 206 valence electrons. The van der Waals surface area contributed by atoms with Gasteiger partial charge >= 0.3 is 0 Å². The highest BCUT2D eigenvalue weighted by atomic mass is 16.5. The minimum absolute atomic E-state index is 0.0602. The van der Waals surface area contributed by atoms with Gasteiger partial charge in [0.1, 0.15) is 5.75 Å². The monoisotopic (exact) mass is 536 g/mol. The Balaban J connectivity index is 1.47. The number of aryl methyl sites for hydroxylation is 2. The number of aromatic nitrogens is 5. The highest BCUT2D eigenvalue weighted by Crippen LogP contribution is 2.26. The van der Waals surface area contributed by atoms with Gasteiger partial charge in [0, 0.05) is 18.7 Å². The Bertz CT molecular complexity index is 1640. The van der Waals surface area contributed by atoms with Crippen molar-refractivity contribution < 1.29 is 4.74 Å². The maximum Gasteiger partial charge on any atom is 0.252 e. The molecule has 40 heavy (non-hydrogen) atoms. The van der Waals surface area contributed by atoms with Gasteiger partial charge in [0.05, 0.1) is 25.2 Å². The summed E-state index contributed by atoms with van der Waals surface area (Å²) in [6, 6.07) is 24.6. The van der Waals surface area contributed by atoms with Crippen LogP contribution in [0.1, 0.15) is 53.0 Å². The van der Waals surface area contributed by atoms with E-state index in [-0.39, 0.29) is 11.6 Å². The molecule has 0 saturated heterocycles. The van der Waals surface area contributed by atoms with Crippen LogP contribution in [-0.4, -0.2) is 43.7 Å². The molecule has 0 unspecified atom stereocenters. The summed E-state index contributed by atoms with van der Waals surface area (Å²) in [5, 5.41) is 13.9. The number of aromatic amines is 1. The number of fused-ring (bicyclic) bond motifs is 1. The van der Waals surface area contributed by atoms with Gasteiger partial charge in [0.15, 0.2) is 5.82 Å². The van der Waals surface area contributed by atoms with E-state index < -0.39 is 0 Å². The summed E-state index contributed by atoms with van der Waals surface area (Å²) < 4.78 is 7.17. The Kier molecular flexibility index (Phi) is 8.36. The molecule has 0 aliphatic carbocycles. The molecule has 0 amide bonds.